The van der Waals surface area contributed by atoms with Crippen LogP contribution in [0.4, 0.5) is 0 Å². The minimum absolute atomic E-state index is 0.00199. The molecular weight excluding hydrogens is 360 g/mol. The molecule has 1 unspecified atom stereocenters. The van der Waals surface area contributed by atoms with Crippen LogP contribution in [0.5, 0.6) is 0 Å². The summed E-state index contributed by atoms with van der Waals surface area (Å²) in [5.74, 6) is 0.514. The van der Waals surface area contributed by atoms with E-state index in [1.165, 1.54) is 40.7 Å². The van der Waals surface area contributed by atoms with Crippen molar-refractivity contribution in [1.29, 1.82) is 0 Å². The van der Waals surface area contributed by atoms with Gasteiger partial charge in [0, 0.05) is 10.4 Å². The van der Waals surface area contributed by atoms with Crippen molar-refractivity contribution < 1.29 is 0 Å². The van der Waals surface area contributed by atoms with Crippen LogP contribution >= 0.6 is 11.6 Å². The average Bonchev–Trinajstić information content (AvgIpc) is 2.68. The normalized spacial score (nSPS) is 12.8. The van der Waals surface area contributed by atoms with Crippen LogP contribution in [0.15, 0.2) is 72.8 Å². The molecule has 0 aromatic heterocycles. The standard InChI is InChI=1S/C27H31Cl/c1-5-7-22(23-8-6-9-26(28)19-23)18-21-12-16-25(17-13-21)27(3,4)24-14-10-20(2)11-15-24/h6,8-17,19,22H,5,7,18H2,1-4H3. The van der Waals surface area contributed by atoms with Crippen LogP contribution in [0.2, 0.25) is 5.02 Å². The van der Waals surface area contributed by atoms with Gasteiger partial charge in [-0.15, -0.1) is 0 Å². The quantitative estimate of drug-likeness (QED) is 0.382. The van der Waals surface area contributed by atoms with Gasteiger partial charge in [0.2, 0.25) is 0 Å². The monoisotopic (exact) mass is 390 g/mol. The Kier molecular flexibility index (Phi) is 6.62. The summed E-state index contributed by atoms with van der Waals surface area (Å²) in [6.45, 7) is 9.00. The molecule has 0 bridgehead atoms. The molecule has 3 rings (SSSR count). The lowest BCUT2D eigenvalue weighted by Crippen LogP contribution is -2.18. The first-order valence-electron chi connectivity index (χ1n) is 10.3. The highest BCUT2D eigenvalue weighted by Gasteiger charge is 2.23. The Morgan fingerprint density at radius 2 is 1.46 bits per heavy atom. The van der Waals surface area contributed by atoms with Crippen molar-refractivity contribution in [3.05, 3.63) is 106 Å². The smallest absolute Gasteiger partial charge is 0.0408 e. The number of rotatable bonds is 7. The van der Waals surface area contributed by atoms with E-state index in [1.54, 1.807) is 0 Å². The number of aryl methyl sites for hydroxylation is 1. The van der Waals surface area contributed by atoms with Crippen LogP contribution in [0.25, 0.3) is 0 Å². The van der Waals surface area contributed by atoms with Gasteiger partial charge in [0.25, 0.3) is 0 Å². The molecule has 0 nitrogen and oxygen atoms in total. The lowest BCUT2D eigenvalue weighted by molar-refractivity contribution is 0.608. The Balaban J connectivity index is 1.80. The second-order valence-electron chi connectivity index (χ2n) is 8.43. The largest absolute Gasteiger partial charge is 0.0843 e. The summed E-state index contributed by atoms with van der Waals surface area (Å²) < 4.78 is 0. The van der Waals surface area contributed by atoms with E-state index in [4.69, 9.17) is 11.6 Å². The molecule has 3 aromatic rings. The predicted molar refractivity (Wildman–Crippen MR) is 123 cm³/mol. The lowest BCUT2D eigenvalue weighted by atomic mass is 9.77. The zero-order chi connectivity index (χ0) is 20.1. The lowest BCUT2D eigenvalue weighted by Gasteiger charge is -2.27. The Labute approximate surface area is 175 Å². The summed E-state index contributed by atoms with van der Waals surface area (Å²) in [6.07, 6.45) is 3.41. The predicted octanol–water partition coefficient (Wildman–Crippen LogP) is 8.10. The van der Waals surface area contributed by atoms with Gasteiger partial charge in [0.1, 0.15) is 0 Å². The molecule has 0 aliphatic carbocycles. The van der Waals surface area contributed by atoms with E-state index in [0.717, 1.165) is 11.4 Å². The summed E-state index contributed by atoms with van der Waals surface area (Å²) >= 11 is 6.23. The molecule has 1 atom stereocenters. The van der Waals surface area contributed by atoms with Crippen molar-refractivity contribution >= 4 is 11.6 Å². The van der Waals surface area contributed by atoms with Crippen molar-refractivity contribution in [2.75, 3.05) is 0 Å². The second-order valence-corrected chi connectivity index (χ2v) is 8.87. The van der Waals surface area contributed by atoms with Crippen LogP contribution < -0.4 is 0 Å². The van der Waals surface area contributed by atoms with Gasteiger partial charge in [-0.1, -0.05) is 105 Å². The van der Waals surface area contributed by atoms with E-state index in [9.17, 15) is 0 Å². The maximum Gasteiger partial charge on any atom is 0.0408 e. The van der Waals surface area contributed by atoms with Crippen molar-refractivity contribution in [3.8, 4) is 0 Å². The first-order valence-corrected chi connectivity index (χ1v) is 10.7. The summed E-state index contributed by atoms with van der Waals surface area (Å²) in [6, 6.07) is 26.5. The van der Waals surface area contributed by atoms with Gasteiger partial charge in [0.15, 0.2) is 0 Å². The number of hydrogen-bond acceptors (Lipinski definition) is 0. The Morgan fingerprint density at radius 3 is 2.04 bits per heavy atom. The summed E-state index contributed by atoms with van der Waals surface area (Å²) in [4.78, 5) is 0. The van der Waals surface area contributed by atoms with Gasteiger partial charge in [-0.05, 0) is 60.1 Å². The van der Waals surface area contributed by atoms with Crippen LogP contribution in [0, 0.1) is 6.92 Å². The molecule has 0 saturated heterocycles. The highest BCUT2D eigenvalue weighted by Crippen LogP contribution is 2.33. The molecule has 0 aliphatic heterocycles. The van der Waals surface area contributed by atoms with Crippen molar-refractivity contribution in [1.82, 2.24) is 0 Å². The maximum absolute atomic E-state index is 6.23. The van der Waals surface area contributed by atoms with Crippen LogP contribution in [0.3, 0.4) is 0 Å². The molecule has 0 fully saturated rings. The first-order chi connectivity index (χ1) is 13.4. The fraction of sp³-hybridized carbons (Fsp3) is 0.333. The zero-order valence-corrected chi connectivity index (χ0v) is 18.3. The Morgan fingerprint density at radius 1 is 0.857 bits per heavy atom. The molecule has 0 amide bonds. The molecule has 3 aromatic carbocycles. The van der Waals surface area contributed by atoms with E-state index in [-0.39, 0.29) is 5.41 Å². The van der Waals surface area contributed by atoms with E-state index >= 15 is 0 Å². The van der Waals surface area contributed by atoms with Crippen molar-refractivity contribution in [2.45, 2.75) is 58.3 Å². The van der Waals surface area contributed by atoms with E-state index in [1.807, 2.05) is 6.07 Å². The zero-order valence-electron chi connectivity index (χ0n) is 17.5. The molecule has 1 heteroatoms. The van der Waals surface area contributed by atoms with Crippen LogP contribution in [-0.2, 0) is 11.8 Å². The molecule has 0 heterocycles. The van der Waals surface area contributed by atoms with Crippen LogP contribution in [-0.4, -0.2) is 0 Å². The minimum Gasteiger partial charge on any atom is -0.0843 e. The van der Waals surface area contributed by atoms with E-state index in [2.05, 4.69) is 94.4 Å². The van der Waals surface area contributed by atoms with Crippen LogP contribution in [0.1, 0.15) is 67.3 Å². The first kappa shape index (κ1) is 20.7. The van der Waals surface area contributed by atoms with Gasteiger partial charge < -0.3 is 0 Å². The molecule has 0 saturated carbocycles. The van der Waals surface area contributed by atoms with Gasteiger partial charge in [0.05, 0.1) is 0 Å². The van der Waals surface area contributed by atoms with E-state index in [0.29, 0.717) is 5.92 Å². The number of hydrogen-bond donors (Lipinski definition) is 0. The van der Waals surface area contributed by atoms with Gasteiger partial charge >= 0.3 is 0 Å². The topological polar surface area (TPSA) is 0 Å². The van der Waals surface area contributed by atoms with Crippen molar-refractivity contribution in [3.63, 3.8) is 0 Å². The third-order valence-corrected chi connectivity index (χ3v) is 6.12. The molecular formula is C27H31Cl. The number of halogens is 1. The van der Waals surface area contributed by atoms with Gasteiger partial charge in [-0.2, -0.15) is 0 Å². The fourth-order valence-corrected chi connectivity index (χ4v) is 4.17. The average molecular weight is 391 g/mol. The molecule has 0 aliphatic rings. The second kappa shape index (κ2) is 8.97. The highest BCUT2D eigenvalue weighted by molar-refractivity contribution is 6.30. The molecule has 0 N–H and O–H groups in total. The van der Waals surface area contributed by atoms with E-state index < -0.39 is 0 Å². The third kappa shape index (κ3) is 4.86. The molecule has 0 radical (unpaired) electrons. The maximum atomic E-state index is 6.23. The Hall–Kier alpha value is -2.05. The Bertz CT molecular complexity index is 888. The minimum atomic E-state index is 0.00199. The SMILES string of the molecule is CCCC(Cc1ccc(C(C)(C)c2ccc(C)cc2)cc1)c1cccc(Cl)c1. The van der Waals surface area contributed by atoms with Gasteiger partial charge in [-0.3, -0.25) is 0 Å². The molecule has 0 spiro atoms. The highest BCUT2D eigenvalue weighted by atomic mass is 35.5. The van der Waals surface area contributed by atoms with Gasteiger partial charge in [-0.25, -0.2) is 0 Å². The third-order valence-electron chi connectivity index (χ3n) is 5.89. The summed E-state index contributed by atoms with van der Waals surface area (Å²) in [5.41, 5.74) is 6.75. The van der Waals surface area contributed by atoms with Crippen molar-refractivity contribution in [2.24, 2.45) is 0 Å². The number of benzene rings is 3. The summed E-state index contributed by atoms with van der Waals surface area (Å²) in [5, 5.41) is 0.828. The molecule has 28 heavy (non-hydrogen) atoms. The summed E-state index contributed by atoms with van der Waals surface area (Å²) in [7, 11) is 0. The molecule has 146 valence electrons. The fourth-order valence-electron chi connectivity index (χ4n) is 3.97.